The van der Waals surface area contributed by atoms with Crippen LogP contribution in [0.4, 0.5) is 0 Å². The zero-order valence-electron chi connectivity index (χ0n) is 18.5. The van der Waals surface area contributed by atoms with E-state index in [0.717, 1.165) is 27.8 Å². The van der Waals surface area contributed by atoms with Gasteiger partial charge in [-0.3, -0.25) is 0 Å². The predicted molar refractivity (Wildman–Crippen MR) is 139 cm³/mol. The van der Waals surface area contributed by atoms with Gasteiger partial charge in [-0.05, 0) is 70.3 Å². The van der Waals surface area contributed by atoms with Crippen LogP contribution in [-0.2, 0) is 16.6 Å². The summed E-state index contributed by atoms with van der Waals surface area (Å²) in [6, 6.07) is 30.8. The summed E-state index contributed by atoms with van der Waals surface area (Å²) in [5, 5.41) is 9.74. The van der Waals surface area contributed by atoms with E-state index < -0.39 is 10.0 Å². The number of nitrogens with one attached hydrogen (secondary N) is 1. The van der Waals surface area contributed by atoms with Gasteiger partial charge in [-0.2, -0.15) is 5.26 Å². The Morgan fingerprint density at radius 3 is 2.17 bits per heavy atom. The van der Waals surface area contributed by atoms with E-state index in [2.05, 4.69) is 15.8 Å². The highest BCUT2D eigenvalue weighted by molar-refractivity contribution is 7.90. The summed E-state index contributed by atoms with van der Waals surface area (Å²) in [6.07, 6.45) is 0. The third-order valence-electron chi connectivity index (χ3n) is 5.29. The molecule has 0 bridgehead atoms. The van der Waals surface area contributed by atoms with Crippen molar-refractivity contribution in [3.63, 3.8) is 0 Å². The van der Waals surface area contributed by atoms with Crippen LogP contribution >= 0.6 is 11.6 Å². The molecule has 0 aliphatic heterocycles. The first-order valence-corrected chi connectivity index (χ1v) is 12.5. The summed E-state index contributed by atoms with van der Waals surface area (Å²) in [6.45, 7) is 0.178. The minimum absolute atomic E-state index is 0.106. The van der Waals surface area contributed by atoms with Crippen molar-refractivity contribution in [2.24, 2.45) is 10.7 Å². The van der Waals surface area contributed by atoms with Gasteiger partial charge < -0.3 is 5.73 Å². The molecule has 6 nitrogen and oxygen atoms in total. The lowest BCUT2D eigenvalue weighted by Gasteiger charge is -2.13. The largest absolute Gasteiger partial charge is 0.369 e. The van der Waals surface area contributed by atoms with Gasteiger partial charge in [0.05, 0.1) is 23.1 Å². The van der Waals surface area contributed by atoms with Gasteiger partial charge in [0.1, 0.15) is 0 Å². The van der Waals surface area contributed by atoms with Gasteiger partial charge in [-0.25, -0.2) is 18.1 Å². The summed E-state index contributed by atoms with van der Waals surface area (Å²) in [5.41, 5.74) is 11.1. The molecule has 0 unspecified atom stereocenters. The Morgan fingerprint density at radius 2 is 1.51 bits per heavy atom. The van der Waals surface area contributed by atoms with E-state index in [1.54, 1.807) is 30.3 Å². The van der Waals surface area contributed by atoms with Crippen LogP contribution in [0.1, 0.15) is 11.1 Å². The molecule has 0 aliphatic rings. The summed E-state index contributed by atoms with van der Waals surface area (Å²) in [7, 11) is -3.81. The van der Waals surface area contributed by atoms with Crippen molar-refractivity contribution in [2.75, 3.05) is 0 Å². The Balaban J connectivity index is 1.64. The normalized spacial score (nSPS) is 11.6. The predicted octanol–water partition coefficient (Wildman–Crippen LogP) is 5.34. The first-order chi connectivity index (χ1) is 16.9. The lowest BCUT2D eigenvalue weighted by Crippen LogP contribution is -2.36. The number of guanidine groups is 1. The zero-order valence-corrected chi connectivity index (χ0v) is 20.1. The highest BCUT2D eigenvalue weighted by Crippen LogP contribution is 2.34. The van der Waals surface area contributed by atoms with Crippen LogP contribution < -0.4 is 10.5 Å². The fraction of sp³-hybridized carbons (Fsp3) is 0.0370. The number of halogens is 1. The van der Waals surface area contributed by atoms with Gasteiger partial charge in [-0.1, -0.05) is 66.2 Å². The molecule has 0 radical (unpaired) electrons. The van der Waals surface area contributed by atoms with Crippen molar-refractivity contribution in [1.82, 2.24) is 4.72 Å². The first kappa shape index (κ1) is 24.0. The number of nitriles is 1. The number of rotatable bonds is 6. The second-order valence-electron chi connectivity index (χ2n) is 7.70. The Hall–Kier alpha value is -4.12. The molecule has 0 saturated carbocycles. The molecule has 174 valence electrons. The Labute approximate surface area is 209 Å². The summed E-state index contributed by atoms with van der Waals surface area (Å²) >= 11 is 6.08. The topological polar surface area (TPSA) is 108 Å². The van der Waals surface area contributed by atoms with Gasteiger partial charge in [0.25, 0.3) is 10.0 Å². The van der Waals surface area contributed by atoms with Crippen molar-refractivity contribution in [1.29, 1.82) is 5.26 Å². The fourth-order valence-electron chi connectivity index (χ4n) is 3.54. The van der Waals surface area contributed by atoms with Crippen LogP contribution in [0.2, 0.25) is 5.02 Å². The number of benzene rings is 4. The van der Waals surface area contributed by atoms with E-state index in [9.17, 15) is 8.42 Å². The summed E-state index contributed by atoms with van der Waals surface area (Å²) in [5.74, 6) is -0.196. The highest BCUT2D eigenvalue weighted by atomic mass is 35.5. The Bertz CT molecular complexity index is 1510. The van der Waals surface area contributed by atoms with Crippen molar-refractivity contribution >= 4 is 27.6 Å². The summed E-state index contributed by atoms with van der Waals surface area (Å²) in [4.78, 5) is 4.33. The second-order valence-corrected chi connectivity index (χ2v) is 9.81. The number of sulfonamides is 1. The van der Waals surface area contributed by atoms with Gasteiger partial charge in [0.2, 0.25) is 5.96 Å². The third kappa shape index (κ3) is 5.87. The minimum Gasteiger partial charge on any atom is -0.369 e. The number of aliphatic imine (C=N–C) groups is 1. The smallest absolute Gasteiger partial charge is 0.264 e. The molecule has 3 N–H and O–H groups in total. The molecule has 0 atom stereocenters. The molecule has 0 aliphatic carbocycles. The second kappa shape index (κ2) is 10.4. The molecule has 4 aromatic rings. The molecule has 0 saturated heterocycles. The minimum atomic E-state index is -3.81. The maximum atomic E-state index is 12.5. The maximum Gasteiger partial charge on any atom is 0.264 e. The first-order valence-electron chi connectivity index (χ1n) is 10.6. The lowest BCUT2D eigenvalue weighted by atomic mass is 9.92. The quantitative estimate of drug-likeness (QED) is 0.275. The molecule has 0 aromatic heterocycles. The zero-order chi connectivity index (χ0) is 24.8. The van der Waals surface area contributed by atoms with Crippen molar-refractivity contribution in [2.45, 2.75) is 11.4 Å². The van der Waals surface area contributed by atoms with Crippen LogP contribution in [0.5, 0.6) is 0 Å². The van der Waals surface area contributed by atoms with E-state index in [4.69, 9.17) is 22.6 Å². The van der Waals surface area contributed by atoms with E-state index in [1.807, 2.05) is 54.6 Å². The Kier molecular flexibility index (Phi) is 7.16. The van der Waals surface area contributed by atoms with Crippen LogP contribution in [0.3, 0.4) is 0 Å². The van der Waals surface area contributed by atoms with Crippen LogP contribution in [0.25, 0.3) is 22.3 Å². The van der Waals surface area contributed by atoms with Crippen LogP contribution in [-0.4, -0.2) is 14.4 Å². The average molecular weight is 501 g/mol. The van der Waals surface area contributed by atoms with E-state index >= 15 is 0 Å². The number of hydrogen-bond acceptors (Lipinski definition) is 4. The van der Waals surface area contributed by atoms with Crippen LogP contribution in [0, 0.1) is 11.3 Å². The maximum absolute atomic E-state index is 12.5. The van der Waals surface area contributed by atoms with Crippen molar-refractivity contribution < 1.29 is 8.42 Å². The monoisotopic (exact) mass is 500 g/mol. The lowest BCUT2D eigenvalue weighted by molar-refractivity contribution is 0.592. The molecule has 0 fully saturated rings. The van der Waals surface area contributed by atoms with Gasteiger partial charge in [0, 0.05) is 5.02 Å². The molecule has 4 aromatic carbocycles. The van der Waals surface area contributed by atoms with E-state index in [-0.39, 0.29) is 17.4 Å². The summed E-state index contributed by atoms with van der Waals surface area (Å²) < 4.78 is 27.2. The molecule has 4 rings (SSSR count). The standard InChI is InChI=1S/C27H21ClN4O2S/c28-23-13-11-22(12-14-23)26-16-20(8-15-25(26)21-9-6-19(17-29)7-10-21)18-31-27(30)32-35(33,34)24-4-2-1-3-5-24/h1-16H,18H2,(H3,30,31,32). The van der Waals surface area contributed by atoms with Gasteiger partial charge in [-0.15, -0.1) is 0 Å². The number of hydrogen-bond donors (Lipinski definition) is 2. The molecular weight excluding hydrogens is 480 g/mol. The highest BCUT2D eigenvalue weighted by Gasteiger charge is 2.14. The number of nitrogens with two attached hydrogens (primary N) is 1. The van der Waals surface area contributed by atoms with Crippen molar-refractivity contribution in [3.8, 4) is 28.3 Å². The van der Waals surface area contributed by atoms with E-state index in [1.165, 1.54) is 12.1 Å². The molecule has 0 amide bonds. The van der Waals surface area contributed by atoms with Crippen molar-refractivity contribution in [3.05, 3.63) is 113 Å². The average Bonchev–Trinajstić information content (AvgIpc) is 2.88. The van der Waals surface area contributed by atoms with Crippen LogP contribution in [0.15, 0.2) is 107 Å². The van der Waals surface area contributed by atoms with Gasteiger partial charge in [0.15, 0.2) is 0 Å². The number of nitrogens with zero attached hydrogens (tertiary/aromatic N) is 2. The van der Waals surface area contributed by atoms with E-state index in [0.29, 0.717) is 10.6 Å². The fourth-order valence-corrected chi connectivity index (χ4v) is 4.64. The molecular formula is C27H21ClN4O2S. The Morgan fingerprint density at radius 1 is 0.886 bits per heavy atom. The molecule has 35 heavy (non-hydrogen) atoms. The SMILES string of the molecule is N#Cc1ccc(-c2ccc(CN=C(N)NS(=O)(=O)c3ccccc3)cc2-c2ccc(Cl)cc2)cc1. The molecule has 0 heterocycles. The van der Waals surface area contributed by atoms with Gasteiger partial charge >= 0.3 is 0 Å². The molecule has 8 heteroatoms. The third-order valence-corrected chi connectivity index (χ3v) is 6.91. The molecule has 0 spiro atoms.